The van der Waals surface area contributed by atoms with Crippen molar-refractivity contribution in [3.63, 3.8) is 0 Å². The summed E-state index contributed by atoms with van der Waals surface area (Å²) in [6.07, 6.45) is 15.1. The van der Waals surface area contributed by atoms with Crippen molar-refractivity contribution in [3.05, 3.63) is 30.2 Å². The van der Waals surface area contributed by atoms with E-state index in [1.165, 1.54) is 19.2 Å². The number of fused-ring (bicyclic) bond motifs is 1. The summed E-state index contributed by atoms with van der Waals surface area (Å²) in [4.78, 5) is 26.4. The first-order valence-corrected chi connectivity index (χ1v) is 11.3. The summed E-state index contributed by atoms with van der Waals surface area (Å²) in [5.74, 6) is 0.796. The highest BCUT2D eigenvalue weighted by Gasteiger charge is 2.24. The summed E-state index contributed by atoms with van der Waals surface area (Å²) in [6.45, 7) is 1.90. The van der Waals surface area contributed by atoms with Crippen LogP contribution in [0.1, 0.15) is 50.5 Å². The van der Waals surface area contributed by atoms with E-state index in [2.05, 4.69) is 26.3 Å². The number of carbonyl (C=O) groups excluding carboxylic acids is 1. The molecular formula is C23H30N6O2. The number of carbonyl (C=O) groups is 1. The van der Waals surface area contributed by atoms with E-state index in [-0.39, 0.29) is 11.9 Å². The molecule has 1 aliphatic carbocycles. The van der Waals surface area contributed by atoms with Crippen LogP contribution in [0.15, 0.2) is 24.7 Å². The van der Waals surface area contributed by atoms with Gasteiger partial charge in [0, 0.05) is 37.8 Å². The van der Waals surface area contributed by atoms with Crippen LogP contribution in [0.25, 0.3) is 11.0 Å². The molecule has 2 aliphatic rings. The van der Waals surface area contributed by atoms with E-state index < -0.39 is 0 Å². The second-order valence-corrected chi connectivity index (χ2v) is 8.33. The van der Waals surface area contributed by atoms with Gasteiger partial charge < -0.3 is 19.9 Å². The fourth-order valence-corrected chi connectivity index (χ4v) is 4.51. The van der Waals surface area contributed by atoms with Crippen molar-refractivity contribution >= 4 is 22.8 Å². The molecule has 0 radical (unpaired) electrons. The van der Waals surface area contributed by atoms with Gasteiger partial charge >= 0.3 is 0 Å². The van der Waals surface area contributed by atoms with Crippen LogP contribution in [0, 0.1) is 11.3 Å². The van der Waals surface area contributed by atoms with E-state index in [1.807, 2.05) is 17.2 Å². The Kier molecular flexibility index (Phi) is 7.15. The highest BCUT2D eigenvalue weighted by atomic mass is 16.5. The van der Waals surface area contributed by atoms with Crippen LogP contribution >= 0.6 is 0 Å². The van der Waals surface area contributed by atoms with E-state index >= 15 is 0 Å². The topological polar surface area (TPSA) is 107 Å². The van der Waals surface area contributed by atoms with Gasteiger partial charge in [0.05, 0.1) is 24.2 Å². The lowest BCUT2D eigenvalue weighted by molar-refractivity contribution is -0.127. The van der Waals surface area contributed by atoms with Crippen molar-refractivity contribution in [2.24, 2.45) is 0 Å². The van der Waals surface area contributed by atoms with Gasteiger partial charge in [-0.25, -0.2) is 9.97 Å². The summed E-state index contributed by atoms with van der Waals surface area (Å²) in [5, 5.41) is 13.4. The summed E-state index contributed by atoms with van der Waals surface area (Å²) in [6, 6.07) is 2.31. The molecule has 1 saturated heterocycles. The molecule has 2 N–H and O–H groups in total. The molecule has 31 heavy (non-hydrogen) atoms. The highest BCUT2D eigenvalue weighted by molar-refractivity contribution is 5.90. The first-order valence-electron chi connectivity index (χ1n) is 11.3. The van der Waals surface area contributed by atoms with Crippen LogP contribution in [0.5, 0.6) is 0 Å². The Morgan fingerprint density at radius 2 is 2.19 bits per heavy atom. The second-order valence-electron chi connectivity index (χ2n) is 8.33. The minimum Gasteiger partial charge on any atom is -0.374 e. The molecule has 2 aromatic heterocycles. The van der Waals surface area contributed by atoms with Gasteiger partial charge in [-0.15, -0.1) is 0 Å². The summed E-state index contributed by atoms with van der Waals surface area (Å²) in [5.41, 5.74) is 1.80. The van der Waals surface area contributed by atoms with Gasteiger partial charge in [0.2, 0.25) is 5.91 Å². The zero-order valence-electron chi connectivity index (χ0n) is 17.8. The lowest BCUT2D eigenvalue weighted by Gasteiger charge is -2.33. The molecule has 1 atom stereocenters. The van der Waals surface area contributed by atoms with E-state index in [0.29, 0.717) is 32.1 Å². The van der Waals surface area contributed by atoms with Crippen molar-refractivity contribution in [1.29, 1.82) is 5.26 Å². The summed E-state index contributed by atoms with van der Waals surface area (Å²) >= 11 is 0. The van der Waals surface area contributed by atoms with Crippen LogP contribution in [0.2, 0.25) is 0 Å². The quantitative estimate of drug-likeness (QED) is 0.632. The van der Waals surface area contributed by atoms with Crippen LogP contribution in [-0.2, 0) is 16.0 Å². The third-order valence-corrected chi connectivity index (χ3v) is 6.12. The number of anilines is 1. The van der Waals surface area contributed by atoms with Crippen LogP contribution in [0.4, 0.5) is 5.82 Å². The normalized spacial score (nSPS) is 19.8. The molecular weight excluding hydrogens is 392 g/mol. The number of nitriles is 1. The number of hydrogen-bond donors (Lipinski definition) is 2. The molecule has 0 unspecified atom stereocenters. The van der Waals surface area contributed by atoms with E-state index in [0.717, 1.165) is 54.6 Å². The van der Waals surface area contributed by atoms with Gasteiger partial charge in [-0.1, -0.05) is 18.9 Å². The number of hydrogen-bond acceptors (Lipinski definition) is 6. The molecule has 0 aromatic carbocycles. The van der Waals surface area contributed by atoms with E-state index in [4.69, 9.17) is 10.00 Å². The number of nitrogens with one attached hydrogen (secondary N) is 2. The van der Waals surface area contributed by atoms with Crippen molar-refractivity contribution in [3.8, 4) is 6.07 Å². The fraction of sp³-hybridized carbons (Fsp3) is 0.565. The first-order chi connectivity index (χ1) is 15.2. The van der Waals surface area contributed by atoms with Crippen LogP contribution in [-0.4, -0.2) is 57.6 Å². The maximum atomic E-state index is 12.6. The molecule has 2 aromatic rings. The highest BCUT2D eigenvalue weighted by Crippen LogP contribution is 2.26. The Hall–Kier alpha value is -2.92. The number of piperidine rings is 1. The lowest BCUT2D eigenvalue weighted by Crippen LogP contribution is -2.44. The summed E-state index contributed by atoms with van der Waals surface area (Å²) in [7, 11) is 0. The third kappa shape index (κ3) is 5.42. The Morgan fingerprint density at radius 1 is 1.32 bits per heavy atom. The zero-order valence-corrected chi connectivity index (χ0v) is 17.8. The Bertz CT molecular complexity index is 957. The summed E-state index contributed by atoms with van der Waals surface area (Å²) < 4.78 is 5.81. The second kappa shape index (κ2) is 10.4. The van der Waals surface area contributed by atoms with Gasteiger partial charge in [0.1, 0.15) is 17.8 Å². The smallest absolute Gasteiger partial charge is 0.246 e. The largest absolute Gasteiger partial charge is 0.374 e. The Balaban J connectivity index is 1.35. The Morgan fingerprint density at radius 3 is 3.03 bits per heavy atom. The molecule has 4 rings (SSSR count). The van der Waals surface area contributed by atoms with Crippen molar-refractivity contribution in [2.75, 3.05) is 25.0 Å². The SMILES string of the molecule is N#CCCc1c[nH]c2ncnc(N[C@@H]3CCCN(C(=O)/C=C/COC4CCCC4)C3)c12. The number of amides is 1. The average molecular weight is 423 g/mol. The molecule has 0 spiro atoms. The number of H-pyrrole nitrogens is 1. The molecule has 8 nitrogen and oxygen atoms in total. The van der Waals surface area contributed by atoms with Crippen molar-refractivity contribution in [2.45, 2.75) is 63.5 Å². The number of aromatic amines is 1. The Labute approximate surface area is 182 Å². The molecule has 1 saturated carbocycles. The predicted molar refractivity (Wildman–Crippen MR) is 118 cm³/mol. The maximum absolute atomic E-state index is 12.6. The number of nitrogens with zero attached hydrogens (tertiary/aromatic N) is 4. The predicted octanol–water partition coefficient (Wildman–Crippen LogP) is 3.33. The fourth-order valence-electron chi connectivity index (χ4n) is 4.51. The number of likely N-dealkylation sites (tertiary alicyclic amines) is 1. The van der Waals surface area contributed by atoms with Gasteiger partial charge in [-0.2, -0.15) is 5.26 Å². The molecule has 1 aliphatic heterocycles. The van der Waals surface area contributed by atoms with Gasteiger partial charge in [-0.05, 0) is 37.7 Å². The third-order valence-electron chi connectivity index (χ3n) is 6.12. The number of aryl methyl sites for hydroxylation is 1. The number of aromatic nitrogens is 3. The van der Waals surface area contributed by atoms with Gasteiger partial charge in [-0.3, -0.25) is 4.79 Å². The van der Waals surface area contributed by atoms with Crippen LogP contribution < -0.4 is 5.32 Å². The number of ether oxygens (including phenoxy) is 1. The standard InChI is InChI=1S/C23H30N6O2/c24-11-3-6-17-14-25-22-21(17)23(27-16-26-22)28-18-7-4-12-29(15-18)20(30)10-5-13-31-19-8-1-2-9-19/h5,10,14,16,18-19H,1-4,6-9,12-13,15H2,(H2,25,26,27,28)/b10-5+/t18-/m1/s1. The minimum absolute atomic E-state index is 0.0331. The van der Waals surface area contributed by atoms with Crippen molar-refractivity contribution in [1.82, 2.24) is 19.9 Å². The zero-order chi connectivity index (χ0) is 21.5. The van der Waals surface area contributed by atoms with Crippen molar-refractivity contribution < 1.29 is 9.53 Å². The molecule has 1 amide bonds. The lowest BCUT2D eigenvalue weighted by atomic mass is 10.0. The minimum atomic E-state index is 0.0331. The molecule has 3 heterocycles. The van der Waals surface area contributed by atoms with Gasteiger partial charge in [0.15, 0.2) is 0 Å². The average Bonchev–Trinajstić information content (AvgIpc) is 3.46. The van der Waals surface area contributed by atoms with E-state index in [1.54, 1.807) is 6.08 Å². The molecule has 164 valence electrons. The first kappa shape index (κ1) is 21.3. The molecule has 0 bridgehead atoms. The van der Waals surface area contributed by atoms with E-state index in [9.17, 15) is 4.79 Å². The maximum Gasteiger partial charge on any atom is 0.246 e. The monoisotopic (exact) mass is 422 g/mol. The molecule has 2 fully saturated rings. The number of rotatable bonds is 8. The van der Waals surface area contributed by atoms with Crippen LogP contribution in [0.3, 0.4) is 0 Å². The molecule has 8 heteroatoms. The van der Waals surface area contributed by atoms with Gasteiger partial charge in [0.25, 0.3) is 0 Å².